The average molecular weight is 297 g/mol. The SMILES string of the molecule is CC(NCC1CCNCC1)c1ccccc1Br. The van der Waals surface area contributed by atoms with Gasteiger partial charge in [0.2, 0.25) is 0 Å². The van der Waals surface area contributed by atoms with Crippen molar-refractivity contribution in [2.24, 2.45) is 5.92 Å². The molecule has 0 saturated carbocycles. The Labute approximate surface area is 112 Å². The Balaban J connectivity index is 1.84. The third kappa shape index (κ3) is 3.80. The zero-order valence-electron chi connectivity index (χ0n) is 10.4. The quantitative estimate of drug-likeness (QED) is 0.892. The molecule has 1 aromatic rings. The van der Waals surface area contributed by atoms with Gasteiger partial charge in [-0.05, 0) is 56.9 Å². The molecule has 1 fully saturated rings. The number of nitrogens with one attached hydrogen (secondary N) is 2. The minimum atomic E-state index is 0.417. The van der Waals surface area contributed by atoms with Crippen LogP contribution in [-0.2, 0) is 0 Å². The largest absolute Gasteiger partial charge is 0.317 e. The molecule has 0 radical (unpaired) electrons. The maximum atomic E-state index is 3.65. The summed E-state index contributed by atoms with van der Waals surface area (Å²) in [5.74, 6) is 0.834. The van der Waals surface area contributed by atoms with Crippen molar-refractivity contribution < 1.29 is 0 Å². The Morgan fingerprint density at radius 3 is 2.76 bits per heavy atom. The lowest BCUT2D eigenvalue weighted by Gasteiger charge is -2.25. The van der Waals surface area contributed by atoms with Crippen molar-refractivity contribution in [3.8, 4) is 0 Å². The molecule has 1 aliphatic rings. The molecule has 1 aliphatic heterocycles. The van der Waals surface area contributed by atoms with Crippen LogP contribution in [0.25, 0.3) is 0 Å². The molecule has 0 aliphatic carbocycles. The summed E-state index contributed by atoms with van der Waals surface area (Å²) in [7, 11) is 0. The summed E-state index contributed by atoms with van der Waals surface area (Å²) in [5, 5.41) is 7.06. The third-order valence-corrected chi connectivity index (χ3v) is 4.27. The van der Waals surface area contributed by atoms with Crippen molar-refractivity contribution in [1.82, 2.24) is 10.6 Å². The second kappa shape index (κ2) is 6.53. The topological polar surface area (TPSA) is 24.1 Å². The zero-order valence-corrected chi connectivity index (χ0v) is 12.0. The molecule has 1 saturated heterocycles. The van der Waals surface area contributed by atoms with Gasteiger partial charge in [0.15, 0.2) is 0 Å². The van der Waals surface area contributed by atoms with Crippen molar-refractivity contribution in [1.29, 1.82) is 0 Å². The van der Waals surface area contributed by atoms with E-state index in [2.05, 4.69) is 57.8 Å². The molecular weight excluding hydrogens is 276 g/mol. The first kappa shape index (κ1) is 13.1. The van der Waals surface area contributed by atoms with Crippen molar-refractivity contribution in [3.63, 3.8) is 0 Å². The van der Waals surface area contributed by atoms with E-state index in [9.17, 15) is 0 Å². The van der Waals surface area contributed by atoms with E-state index in [0.717, 1.165) is 12.5 Å². The molecule has 2 N–H and O–H groups in total. The van der Waals surface area contributed by atoms with E-state index in [1.165, 1.54) is 36.0 Å². The van der Waals surface area contributed by atoms with Crippen molar-refractivity contribution in [3.05, 3.63) is 34.3 Å². The summed E-state index contributed by atoms with van der Waals surface area (Å²) < 4.78 is 1.20. The summed E-state index contributed by atoms with van der Waals surface area (Å²) >= 11 is 3.61. The maximum Gasteiger partial charge on any atom is 0.0303 e. The van der Waals surface area contributed by atoms with Crippen LogP contribution in [0.5, 0.6) is 0 Å². The minimum absolute atomic E-state index is 0.417. The van der Waals surface area contributed by atoms with Crippen molar-refractivity contribution in [2.45, 2.75) is 25.8 Å². The first-order chi connectivity index (χ1) is 8.27. The fraction of sp³-hybridized carbons (Fsp3) is 0.571. The van der Waals surface area contributed by atoms with Gasteiger partial charge in [0, 0.05) is 10.5 Å². The van der Waals surface area contributed by atoms with Crippen LogP contribution < -0.4 is 10.6 Å². The third-order valence-electron chi connectivity index (χ3n) is 3.54. The van der Waals surface area contributed by atoms with Crippen molar-refractivity contribution >= 4 is 15.9 Å². The molecule has 3 heteroatoms. The summed E-state index contributed by atoms with van der Waals surface area (Å²) in [4.78, 5) is 0. The number of piperidine rings is 1. The maximum absolute atomic E-state index is 3.65. The van der Waals surface area contributed by atoms with Gasteiger partial charge in [-0.25, -0.2) is 0 Å². The second-order valence-electron chi connectivity index (χ2n) is 4.84. The predicted molar refractivity (Wildman–Crippen MR) is 76.2 cm³/mol. The highest BCUT2D eigenvalue weighted by molar-refractivity contribution is 9.10. The van der Waals surface area contributed by atoms with E-state index >= 15 is 0 Å². The Bertz CT molecular complexity index is 348. The molecule has 1 atom stereocenters. The van der Waals surface area contributed by atoms with Crippen molar-refractivity contribution in [2.75, 3.05) is 19.6 Å². The van der Waals surface area contributed by atoms with Crippen LogP contribution in [0.15, 0.2) is 28.7 Å². The Kier molecular flexibility index (Phi) is 5.01. The van der Waals surface area contributed by atoms with Crippen LogP contribution in [0.4, 0.5) is 0 Å². The van der Waals surface area contributed by atoms with E-state index < -0.39 is 0 Å². The molecule has 1 aromatic carbocycles. The van der Waals surface area contributed by atoms with Gasteiger partial charge in [0.1, 0.15) is 0 Å². The summed E-state index contributed by atoms with van der Waals surface area (Å²) in [6.45, 7) is 5.72. The normalized spacial score (nSPS) is 19.2. The van der Waals surface area contributed by atoms with Gasteiger partial charge < -0.3 is 10.6 Å². The summed E-state index contributed by atoms with van der Waals surface area (Å²) in [6, 6.07) is 8.87. The van der Waals surface area contributed by atoms with Gasteiger partial charge in [-0.15, -0.1) is 0 Å². The average Bonchev–Trinajstić information content (AvgIpc) is 2.38. The molecule has 0 aromatic heterocycles. The highest BCUT2D eigenvalue weighted by atomic mass is 79.9. The van der Waals surface area contributed by atoms with Gasteiger partial charge in [-0.1, -0.05) is 34.1 Å². The van der Waals surface area contributed by atoms with E-state index in [4.69, 9.17) is 0 Å². The second-order valence-corrected chi connectivity index (χ2v) is 5.70. The van der Waals surface area contributed by atoms with E-state index in [-0.39, 0.29) is 0 Å². The molecule has 17 heavy (non-hydrogen) atoms. The molecule has 94 valence electrons. The lowest BCUT2D eigenvalue weighted by molar-refractivity contribution is 0.345. The number of hydrogen-bond donors (Lipinski definition) is 2. The molecule has 0 amide bonds. The molecular formula is C14H21BrN2. The number of halogens is 1. The van der Waals surface area contributed by atoms with E-state index in [1.807, 2.05) is 0 Å². The highest BCUT2D eigenvalue weighted by Crippen LogP contribution is 2.23. The van der Waals surface area contributed by atoms with Crippen LogP contribution in [0.2, 0.25) is 0 Å². The van der Waals surface area contributed by atoms with Gasteiger partial charge in [0.25, 0.3) is 0 Å². The lowest BCUT2D eigenvalue weighted by Crippen LogP contribution is -2.34. The highest BCUT2D eigenvalue weighted by Gasteiger charge is 2.15. The molecule has 2 rings (SSSR count). The van der Waals surface area contributed by atoms with Gasteiger partial charge in [-0.2, -0.15) is 0 Å². The minimum Gasteiger partial charge on any atom is -0.317 e. The number of hydrogen-bond acceptors (Lipinski definition) is 2. The predicted octanol–water partition coefficient (Wildman–Crippen LogP) is 3.10. The Morgan fingerprint density at radius 2 is 2.06 bits per heavy atom. The molecule has 1 unspecified atom stereocenters. The van der Waals surface area contributed by atoms with Crippen LogP contribution in [-0.4, -0.2) is 19.6 Å². The molecule has 0 spiro atoms. The molecule has 0 bridgehead atoms. The van der Waals surface area contributed by atoms with Gasteiger partial charge in [0.05, 0.1) is 0 Å². The fourth-order valence-electron chi connectivity index (χ4n) is 2.37. The Morgan fingerprint density at radius 1 is 1.35 bits per heavy atom. The van der Waals surface area contributed by atoms with Gasteiger partial charge in [-0.3, -0.25) is 0 Å². The summed E-state index contributed by atoms with van der Waals surface area (Å²) in [5.41, 5.74) is 1.35. The lowest BCUT2D eigenvalue weighted by atomic mass is 9.97. The monoisotopic (exact) mass is 296 g/mol. The Hall–Kier alpha value is -0.380. The smallest absolute Gasteiger partial charge is 0.0303 e. The van der Waals surface area contributed by atoms with Crippen LogP contribution in [0.1, 0.15) is 31.4 Å². The van der Waals surface area contributed by atoms with Crippen LogP contribution in [0.3, 0.4) is 0 Å². The molecule has 2 nitrogen and oxygen atoms in total. The fourth-order valence-corrected chi connectivity index (χ4v) is 2.99. The van der Waals surface area contributed by atoms with E-state index in [1.54, 1.807) is 0 Å². The first-order valence-corrected chi connectivity index (χ1v) is 7.25. The van der Waals surface area contributed by atoms with Crippen LogP contribution >= 0.6 is 15.9 Å². The van der Waals surface area contributed by atoms with E-state index in [0.29, 0.717) is 6.04 Å². The molecule has 1 heterocycles. The van der Waals surface area contributed by atoms with Gasteiger partial charge >= 0.3 is 0 Å². The summed E-state index contributed by atoms with van der Waals surface area (Å²) in [6.07, 6.45) is 2.60. The van der Waals surface area contributed by atoms with Crippen LogP contribution in [0, 0.1) is 5.92 Å². The zero-order chi connectivity index (χ0) is 12.1. The first-order valence-electron chi connectivity index (χ1n) is 6.46. The number of benzene rings is 1. The standard InChI is InChI=1S/C14H21BrN2/c1-11(13-4-2-3-5-14(13)15)17-10-12-6-8-16-9-7-12/h2-5,11-12,16-17H,6-10H2,1H3. The number of rotatable bonds is 4.